The highest BCUT2D eigenvalue weighted by molar-refractivity contribution is 9.10. The van der Waals surface area contributed by atoms with Gasteiger partial charge in [0.15, 0.2) is 0 Å². The Bertz CT molecular complexity index is 604. The average molecular weight is 354 g/mol. The SMILES string of the molecule is CC(C)NC(=O)NS(=O)(=O)c1cc(Br)c(F)cc1N. The number of carbonyl (C=O) groups is 1. The molecule has 0 aliphatic heterocycles. The highest BCUT2D eigenvalue weighted by atomic mass is 79.9. The molecule has 2 amide bonds. The molecule has 6 nitrogen and oxygen atoms in total. The molecule has 0 atom stereocenters. The van der Waals surface area contributed by atoms with Gasteiger partial charge in [-0.15, -0.1) is 0 Å². The van der Waals surface area contributed by atoms with Crippen molar-refractivity contribution in [1.82, 2.24) is 10.0 Å². The van der Waals surface area contributed by atoms with E-state index in [0.29, 0.717) is 0 Å². The summed E-state index contributed by atoms with van der Waals surface area (Å²) >= 11 is 2.86. The van der Waals surface area contributed by atoms with E-state index in [1.54, 1.807) is 18.6 Å². The van der Waals surface area contributed by atoms with Crippen molar-refractivity contribution < 1.29 is 17.6 Å². The van der Waals surface area contributed by atoms with E-state index in [1.165, 1.54) is 0 Å². The molecule has 1 aromatic rings. The number of nitrogens with two attached hydrogens (primary N) is 1. The Morgan fingerprint density at radius 1 is 1.42 bits per heavy atom. The predicted molar refractivity (Wildman–Crippen MR) is 72.5 cm³/mol. The van der Waals surface area contributed by atoms with Crippen molar-refractivity contribution in [2.75, 3.05) is 5.73 Å². The van der Waals surface area contributed by atoms with Gasteiger partial charge in [-0.2, -0.15) is 0 Å². The number of hydrogen-bond donors (Lipinski definition) is 3. The lowest BCUT2D eigenvalue weighted by Gasteiger charge is -2.12. The van der Waals surface area contributed by atoms with Gasteiger partial charge in [0, 0.05) is 6.04 Å². The van der Waals surface area contributed by atoms with E-state index >= 15 is 0 Å². The van der Waals surface area contributed by atoms with E-state index in [4.69, 9.17) is 5.73 Å². The van der Waals surface area contributed by atoms with Crippen LogP contribution in [0.3, 0.4) is 0 Å². The zero-order valence-electron chi connectivity index (χ0n) is 10.2. The van der Waals surface area contributed by atoms with Crippen molar-refractivity contribution >= 4 is 37.7 Å². The van der Waals surface area contributed by atoms with E-state index in [2.05, 4.69) is 21.2 Å². The second-order valence-corrected chi connectivity index (χ2v) is 6.54. The number of benzene rings is 1. The third kappa shape index (κ3) is 4.06. The van der Waals surface area contributed by atoms with Crippen LogP contribution in [0.1, 0.15) is 13.8 Å². The van der Waals surface area contributed by atoms with Crippen molar-refractivity contribution in [3.05, 3.63) is 22.4 Å². The maximum Gasteiger partial charge on any atom is 0.328 e. The van der Waals surface area contributed by atoms with Crippen molar-refractivity contribution in [2.45, 2.75) is 24.8 Å². The maximum absolute atomic E-state index is 13.2. The smallest absolute Gasteiger partial charge is 0.328 e. The molecule has 4 N–H and O–H groups in total. The largest absolute Gasteiger partial charge is 0.398 e. The Kier molecular flexibility index (Phi) is 4.75. The minimum absolute atomic E-state index is 0.0636. The summed E-state index contributed by atoms with van der Waals surface area (Å²) in [6.07, 6.45) is 0. The number of nitrogen functional groups attached to an aromatic ring is 1. The zero-order valence-corrected chi connectivity index (χ0v) is 12.6. The number of halogens is 2. The van der Waals surface area contributed by atoms with Crippen LogP contribution in [0.5, 0.6) is 0 Å². The average Bonchev–Trinajstić information content (AvgIpc) is 2.20. The fourth-order valence-corrected chi connectivity index (χ4v) is 2.80. The van der Waals surface area contributed by atoms with Gasteiger partial charge in [0.05, 0.1) is 10.2 Å². The van der Waals surface area contributed by atoms with Crippen LogP contribution in [0.2, 0.25) is 0 Å². The molecule has 0 unspecified atom stereocenters. The molecule has 0 fully saturated rings. The number of amides is 2. The van der Waals surface area contributed by atoms with Crippen LogP contribution in [0.25, 0.3) is 0 Å². The summed E-state index contributed by atoms with van der Waals surface area (Å²) in [4.78, 5) is 11.0. The normalized spacial score (nSPS) is 11.4. The number of carbonyl (C=O) groups excluding carboxylic acids is 1. The van der Waals surface area contributed by atoms with Gasteiger partial charge in [0.1, 0.15) is 10.7 Å². The fourth-order valence-electron chi connectivity index (χ4n) is 1.25. The summed E-state index contributed by atoms with van der Waals surface area (Å²) < 4.78 is 38.7. The van der Waals surface area contributed by atoms with Crippen molar-refractivity contribution in [2.24, 2.45) is 0 Å². The number of hydrogen-bond acceptors (Lipinski definition) is 4. The molecular weight excluding hydrogens is 341 g/mol. The lowest BCUT2D eigenvalue weighted by molar-refractivity contribution is 0.243. The molecule has 106 valence electrons. The first kappa shape index (κ1) is 15.7. The molecule has 1 rings (SSSR count). The Morgan fingerprint density at radius 2 is 2.00 bits per heavy atom. The molecule has 19 heavy (non-hydrogen) atoms. The zero-order chi connectivity index (χ0) is 14.8. The molecule has 0 saturated heterocycles. The van der Waals surface area contributed by atoms with Crippen LogP contribution < -0.4 is 15.8 Å². The minimum atomic E-state index is -4.16. The summed E-state index contributed by atoms with van der Waals surface area (Å²) in [5, 5.41) is 2.36. The third-order valence-electron chi connectivity index (χ3n) is 1.99. The van der Waals surface area contributed by atoms with E-state index in [1.807, 2.05) is 0 Å². The van der Waals surface area contributed by atoms with Gasteiger partial charge in [0.25, 0.3) is 10.0 Å². The molecule has 1 aromatic carbocycles. The van der Waals surface area contributed by atoms with E-state index in [9.17, 15) is 17.6 Å². The number of nitrogens with one attached hydrogen (secondary N) is 2. The number of anilines is 1. The Labute approximate surface area is 118 Å². The lowest BCUT2D eigenvalue weighted by atomic mass is 10.3. The molecule has 0 spiro atoms. The van der Waals surface area contributed by atoms with E-state index < -0.39 is 21.9 Å². The molecule has 0 bridgehead atoms. The maximum atomic E-state index is 13.2. The van der Waals surface area contributed by atoms with Crippen LogP contribution in [-0.4, -0.2) is 20.5 Å². The number of rotatable bonds is 3. The van der Waals surface area contributed by atoms with Gasteiger partial charge in [0.2, 0.25) is 0 Å². The van der Waals surface area contributed by atoms with Crippen molar-refractivity contribution in [3.63, 3.8) is 0 Å². The van der Waals surface area contributed by atoms with Gasteiger partial charge in [-0.3, -0.25) is 0 Å². The van der Waals surface area contributed by atoms with Crippen LogP contribution in [0, 0.1) is 5.82 Å². The van der Waals surface area contributed by atoms with Gasteiger partial charge in [-0.05, 0) is 41.9 Å². The van der Waals surface area contributed by atoms with Crippen molar-refractivity contribution in [3.8, 4) is 0 Å². The monoisotopic (exact) mass is 353 g/mol. The van der Waals surface area contributed by atoms with Crippen LogP contribution in [0.4, 0.5) is 14.9 Å². The Hall–Kier alpha value is -1.35. The molecule has 0 heterocycles. The van der Waals surface area contributed by atoms with Gasteiger partial charge in [-0.25, -0.2) is 22.3 Å². The molecule has 9 heteroatoms. The molecular formula is C10H13BrFN3O3S. The first-order valence-electron chi connectivity index (χ1n) is 5.21. The fraction of sp³-hybridized carbons (Fsp3) is 0.300. The molecule has 0 radical (unpaired) electrons. The van der Waals surface area contributed by atoms with Gasteiger partial charge in [-0.1, -0.05) is 0 Å². The quantitative estimate of drug-likeness (QED) is 0.717. The predicted octanol–water partition coefficient (Wildman–Crippen LogP) is 1.57. The van der Waals surface area contributed by atoms with E-state index in [-0.39, 0.29) is 21.1 Å². The first-order valence-corrected chi connectivity index (χ1v) is 7.49. The molecule has 0 saturated carbocycles. The second kappa shape index (κ2) is 5.74. The summed E-state index contributed by atoms with van der Waals surface area (Å²) in [6, 6.07) is 0.747. The molecule has 0 aliphatic rings. The molecule has 0 aliphatic carbocycles. The highest BCUT2D eigenvalue weighted by Crippen LogP contribution is 2.25. The highest BCUT2D eigenvalue weighted by Gasteiger charge is 2.22. The Morgan fingerprint density at radius 3 is 2.53 bits per heavy atom. The summed E-state index contributed by atoms with van der Waals surface area (Å²) in [7, 11) is -4.16. The minimum Gasteiger partial charge on any atom is -0.398 e. The molecule has 0 aromatic heterocycles. The Balaban J connectivity index is 3.08. The van der Waals surface area contributed by atoms with Gasteiger partial charge >= 0.3 is 6.03 Å². The second-order valence-electron chi connectivity index (χ2n) is 4.04. The van der Waals surface area contributed by atoms with Crippen LogP contribution in [-0.2, 0) is 10.0 Å². The summed E-state index contributed by atoms with van der Waals surface area (Å²) in [6.45, 7) is 3.35. The first-order chi connectivity index (χ1) is 8.63. The summed E-state index contributed by atoms with van der Waals surface area (Å²) in [5.41, 5.74) is 5.16. The number of sulfonamides is 1. The van der Waals surface area contributed by atoms with Gasteiger partial charge < -0.3 is 11.1 Å². The third-order valence-corrected chi connectivity index (χ3v) is 3.98. The van der Waals surface area contributed by atoms with E-state index in [0.717, 1.165) is 12.1 Å². The van der Waals surface area contributed by atoms with Crippen molar-refractivity contribution in [1.29, 1.82) is 0 Å². The number of urea groups is 1. The topological polar surface area (TPSA) is 101 Å². The van der Waals surface area contributed by atoms with Crippen LogP contribution in [0.15, 0.2) is 21.5 Å². The summed E-state index contributed by atoms with van der Waals surface area (Å²) in [5.74, 6) is -0.692. The standard InChI is InChI=1S/C10H13BrFN3O3S/c1-5(2)14-10(16)15-19(17,18)9-3-6(11)7(12)4-8(9)13/h3-5H,13H2,1-2H3,(H2,14,15,16). The lowest BCUT2D eigenvalue weighted by Crippen LogP contribution is -2.42. The van der Waals surface area contributed by atoms with Crippen LogP contribution >= 0.6 is 15.9 Å².